The highest BCUT2D eigenvalue weighted by atomic mass is 16.3. The first-order valence-electron chi connectivity index (χ1n) is 4.78. The topological polar surface area (TPSA) is 32.3 Å². The molecule has 64 valence electrons. The molecule has 2 rings (SSSR count). The Balaban J connectivity index is 1.67. The second-order valence-corrected chi connectivity index (χ2v) is 3.96. The van der Waals surface area contributed by atoms with Gasteiger partial charge in [-0.2, -0.15) is 0 Å². The molecule has 0 amide bonds. The first-order chi connectivity index (χ1) is 5.36. The minimum Gasteiger partial charge on any atom is -0.392 e. The molecule has 0 saturated heterocycles. The van der Waals surface area contributed by atoms with E-state index in [1.807, 2.05) is 0 Å². The Kier molecular flexibility index (Phi) is 2.14. The fourth-order valence-electron chi connectivity index (χ4n) is 1.82. The number of aliphatic hydroxyl groups is 1. The van der Waals surface area contributed by atoms with Gasteiger partial charge < -0.3 is 10.4 Å². The molecule has 2 atom stereocenters. The lowest BCUT2D eigenvalue weighted by Crippen LogP contribution is -2.36. The Morgan fingerprint density at radius 1 is 1.18 bits per heavy atom. The van der Waals surface area contributed by atoms with Crippen LogP contribution >= 0.6 is 0 Å². The minimum absolute atomic E-state index is 0.0613. The summed E-state index contributed by atoms with van der Waals surface area (Å²) in [6.07, 6.45) is 6.11. The van der Waals surface area contributed by atoms with Crippen molar-refractivity contribution in [2.75, 3.05) is 6.54 Å². The van der Waals surface area contributed by atoms with Crippen LogP contribution in [0.5, 0.6) is 0 Å². The molecule has 2 N–H and O–H groups in total. The smallest absolute Gasteiger partial charge is 0.0693 e. The fraction of sp³-hybridized carbons (Fsp3) is 1.00. The van der Waals surface area contributed by atoms with Crippen LogP contribution < -0.4 is 5.32 Å². The number of rotatable bonds is 3. The van der Waals surface area contributed by atoms with Crippen molar-refractivity contribution in [3.8, 4) is 0 Å². The first kappa shape index (κ1) is 7.56. The zero-order valence-corrected chi connectivity index (χ0v) is 6.92. The predicted molar refractivity (Wildman–Crippen MR) is 44.4 cm³/mol. The maximum atomic E-state index is 9.46. The maximum Gasteiger partial charge on any atom is 0.0693 e. The van der Waals surface area contributed by atoms with Crippen molar-refractivity contribution in [1.82, 2.24) is 5.32 Å². The summed E-state index contributed by atoms with van der Waals surface area (Å²) in [4.78, 5) is 0. The van der Waals surface area contributed by atoms with E-state index in [1.165, 1.54) is 25.7 Å². The van der Waals surface area contributed by atoms with Crippen LogP contribution in [0.2, 0.25) is 0 Å². The van der Waals surface area contributed by atoms with Crippen LogP contribution in [0.25, 0.3) is 0 Å². The third-order valence-corrected chi connectivity index (χ3v) is 2.85. The zero-order chi connectivity index (χ0) is 7.68. The van der Waals surface area contributed by atoms with Crippen LogP contribution in [0.1, 0.15) is 32.1 Å². The Labute approximate surface area is 68.0 Å². The number of aliphatic hydroxyl groups excluding tert-OH is 1. The third-order valence-electron chi connectivity index (χ3n) is 2.85. The highest BCUT2D eigenvalue weighted by Gasteiger charge is 2.27. The maximum absolute atomic E-state index is 9.46. The molecule has 2 heteroatoms. The van der Waals surface area contributed by atoms with Gasteiger partial charge in [0.15, 0.2) is 0 Å². The molecule has 0 spiro atoms. The van der Waals surface area contributed by atoms with Gasteiger partial charge in [-0.25, -0.2) is 0 Å². The van der Waals surface area contributed by atoms with Gasteiger partial charge in [0, 0.05) is 6.04 Å². The molecule has 2 aliphatic carbocycles. The largest absolute Gasteiger partial charge is 0.392 e. The molecule has 2 aliphatic rings. The molecular weight excluding hydrogens is 138 g/mol. The van der Waals surface area contributed by atoms with Gasteiger partial charge in [0.2, 0.25) is 0 Å². The van der Waals surface area contributed by atoms with E-state index in [4.69, 9.17) is 0 Å². The molecule has 0 bridgehead atoms. The van der Waals surface area contributed by atoms with Crippen molar-refractivity contribution in [2.45, 2.75) is 44.2 Å². The highest BCUT2D eigenvalue weighted by Crippen LogP contribution is 2.28. The van der Waals surface area contributed by atoms with Gasteiger partial charge in [0.1, 0.15) is 0 Å². The fourth-order valence-corrected chi connectivity index (χ4v) is 1.82. The Morgan fingerprint density at radius 2 is 2.00 bits per heavy atom. The van der Waals surface area contributed by atoms with E-state index >= 15 is 0 Å². The monoisotopic (exact) mass is 155 g/mol. The quantitative estimate of drug-likeness (QED) is 0.634. The average molecular weight is 155 g/mol. The second kappa shape index (κ2) is 3.11. The molecular formula is C9H17NO. The van der Waals surface area contributed by atoms with E-state index in [1.54, 1.807) is 0 Å². The summed E-state index contributed by atoms with van der Waals surface area (Å²) in [7, 11) is 0. The van der Waals surface area contributed by atoms with Crippen molar-refractivity contribution in [1.29, 1.82) is 0 Å². The third kappa shape index (κ3) is 1.94. The standard InChI is InChI=1S/C9H17NO/c11-9-3-1-2-8(9)10-6-7-4-5-7/h7-11H,1-6H2/t8-,9-/m1/s1. The second-order valence-electron chi connectivity index (χ2n) is 3.96. The Morgan fingerprint density at radius 3 is 2.55 bits per heavy atom. The molecule has 0 radical (unpaired) electrons. The summed E-state index contributed by atoms with van der Waals surface area (Å²) >= 11 is 0. The molecule has 0 aromatic carbocycles. The summed E-state index contributed by atoms with van der Waals surface area (Å²) in [5, 5.41) is 12.9. The van der Waals surface area contributed by atoms with Crippen molar-refractivity contribution < 1.29 is 5.11 Å². The van der Waals surface area contributed by atoms with Crippen LogP contribution in [0.3, 0.4) is 0 Å². The van der Waals surface area contributed by atoms with E-state index in [0.717, 1.165) is 18.9 Å². The number of hydrogen-bond donors (Lipinski definition) is 2. The number of nitrogens with one attached hydrogen (secondary N) is 1. The molecule has 0 aromatic rings. The molecule has 0 aromatic heterocycles. The normalized spacial score (nSPS) is 37.9. The SMILES string of the molecule is O[C@@H]1CCC[C@H]1NCC1CC1. The molecule has 11 heavy (non-hydrogen) atoms. The van der Waals surface area contributed by atoms with Crippen molar-refractivity contribution in [2.24, 2.45) is 5.92 Å². The van der Waals surface area contributed by atoms with Crippen molar-refractivity contribution in [3.63, 3.8) is 0 Å². The molecule has 0 unspecified atom stereocenters. The minimum atomic E-state index is -0.0613. The molecule has 2 fully saturated rings. The summed E-state index contributed by atoms with van der Waals surface area (Å²) < 4.78 is 0. The van der Waals surface area contributed by atoms with Gasteiger partial charge >= 0.3 is 0 Å². The average Bonchev–Trinajstić information content (AvgIpc) is 2.73. The summed E-state index contributed by atoms with van der Waals surface area (Å²) in [5.74, 6) is 0.933. The van der Waals surface area contributed by atoms with E-state index < -0.39 is 0 Å². The van der Waals surface area contributed by atoms with Crippen LogP contribution in [0.15, 0.2) is 0 Å². The lowest BCUT2D eigenvalue weighted by atomic mass is 10.2. The zero-order valence-electron chi connectivity index (χ0n) is 6.92. The van der Waals surface area contributed by atoms with Crippen LogP contribution in [-0.2, 0) is 0 Å². The van der Waals surface area contributed by atoms with Crippen molar-refractivity contribution in [3.05, 3.63) is 0 Å². The molecule has 0 heterocycles. The lowest BCUT2D eigenvalue weighted by Gasteiger charge is -2.15. The van der Waals surface area contributed by atoms with Crippen LogP contribution in [0, 0.1) is 5.92 Å². The predicted octanol–water partition coefficient (Wildman–Crippen LogP) is 0.899. The molecule has 0 aliphatic heterocycles. The molecule has 2 saturated carbocycles. The van der Waals surface area contributed by atoms with Gasteiger partial charge in [0.25, 0.3) is 0 Å². The van der Waals surface area contributed by atoms with Crippen LogP contribution in [-0.4, -0.2) is 23.8 Å². The van der Waals surface area contributed by atoms with E-state index in [2.05, 4.69) is 5.32 Å². The van der Waals surface area contributed by atoms with Gasteiger partial charge in [-0.05, 0) is 44.6 Å². The van der Waals surface area contributed by atoms with Gasteiger partial charge in [-0.1, -0.05) is 0 Å². The lowest BCUT2D eigenvalue weighted by molar-refractivity contribution is 0.149. The van der Waals surface area contributed by atoms with E-state index in [9.17, 15) is 5.11 Å². The molecule has 2 nitrogen and oxygen atoms in total. The highest BCUT2D eigenvalue weighted by molar-refractivity contribution is 4.85. The summed E-state index contributed by atoms with van der Waals surface area (Å²) in [5.41, 5.74) is 0. The van der Waals surface area contributed by atoms with Crippen LogP contribution in [0.4, 0.5) is 0 Å². The van der Waals surface area contributed by atoms with Crippen molar-refractivity contribution >= 4 is 0 Å². The first-order valence-corrected chi connectivity index (χ1v) is 4.78. The number of hydrogen-bond acceptors (Lipinski definition) is 2. The van der Waals surface area contributed by atoms with Gasteiger partial charge in [-0.3, -0.25) is 0 Å². The van der Waals surface area contributed by atoms with E-state index in [-0.39, 0.29) is 6.10 Å². The Hall–Kier alpha value is -0.0800. The van der Waals surface area contributed by atoms with E-state index in [0.29, 0.717) is 6.04 Å². The Bertz CT molecular complexity index is 134. The van der Waals surface area contributed by atoms with Gasteiger partial charge in [0.05, 0.1) is 6.10 Å². The summed E-state index contributed by atoms with van der Waals surface area (Å²) in [6, 6.07) is 0.413. The summed E-state index contributed by atoms with van der Waals surface area (Å²) in [6.45, 7) is 1.14. The van der Waals surface area contributed by atoms with Gasteiger partial charge in [-0.15, -0.1) is 0 Å².